The van der Waals surface area contributed by atoms with Crippen LogP contribution in [0.15, 0.2) is 24.3 Å². The van der Waals surface area contributed by atoms with E-state index in [1.54, 1.807) is 0 Å². The standard InChI is InChI=1S/C11H6F3N3O2/c12-7-1-5(2-8(13)11(7)14)9-3-6(17(18)19)4-10(15)16-9/h1-4H,(H2,15,16). The molecule has 0 aliphatic rings. The van der Waals surface area contributed by atoms with E-state index in [1.165, 1.54) is 0 Å². The van der Waals surface area contributed by atoms with Gasteiger partial charge in [-0.25, -0.2) is 18.2 Å². The van der Waals surface area contributed by atoms with Crippen LogP contribution in [0.4, 0.5) is 24.7 Å². The summed E-state index contributed by atoms with van der Waals surface area (Å²) in [6.45, 7) is 0. The van der Waals surface area contributed by atoms with Crippen molar-refractivity contribution in [3.8, 4) is 11.3 Å². The maximum Gasteiger partial charge on any atom is 0.275 e. The minimum Gasteiger partial charge on any atom is -0.383 e. The highest BCUT2D eigenvalue weighted by Crippen LogP contribution is 2.26. The number of pyridine rings is 1. The van der Waals surface area contributed by atoms with Gasteiger partial charge in [-0.1, -0.05) is 0 Å². The fourth-order valence-corrected chi connectivity index (χ4v) is 1.49. The molecule has 19 heavy (non-hydrogen) atoms. The van der Waals surface area contributed by atoms with Crippen LogP contribution in [0.5, 0.6) is 0 Å². The molecular weight excluding hydrogens is 263 g/mol. The van der Waals surface area contributed by atoms with Gasteiger partial charge in [-0.2, -0.15) is 0 Å². The molecule has 0 aliphatic carbocycles. The van der Waals surface area contributed by atoms with Crippen LogP contribution in [0.1, 0.15) is 0 Å². The summed E-state index contributed by atoms with van der Waals surface area (Å²) >= 11 is 0. The van der Waals surface area contributed by atoms with Gasteiger partial charge in [-0.15, -0.1) is 0 Å². The predicted molar refractivity (Wildman–Crippen MR) is 60.6 cm³/mol. The Labute approximate surface area is 104 Å². The first-order chi connectivity index (χ1) is 8.88. The molecule has 0 bridgehead atoms. The van der Waals surface area contributed by atoms with Gasteiger partial charge in [0.15, 0.2) is 17.5 Å². The zero-order valence-electron chi connectivity index (χ0n) is 9.23. The zero-order valence-corrected chi connectivity index (χ0v) is 9.23. The molecule has 1 heterocycles. The summed E-state index contributed by atoms with van der Waals surface area (Å²) < 4.78 is 39.0. The van der Waals surface area contributed by atoms with Crippen molar-refractivity contribution in [1.29, 1.82) is 0 Å². The number of nitrogen functional groups attached to an aromatic ring is 1. The Morgan fingerprint density at radius 3 is 2.21 bits per heavy atom. The van der Waals surface area contributed by atoms with Gasteiger partial charge in [0, 0.05) is 11.6 Å². The molecule has 0 amide bonds. The predicted octanol–water partition coefficient (Wildman–Crippen LogP) is 2.66. The first kappa shape index (κ1) is 12.8. The Morgan fingerprint density at radius 2 is 1.68 bits per heavy atom. The lowest BCUT2D eigenvalue weighted by Crippen LogP contribution is -1.98. The van der Waals surface area contributed by atoms with Crippen molar-refractivity contribution in [2.45, 2.75) is 0 Å². The van der Waals surface area contributed by atoms with Crippen molar-refractivity contribution < 1.29 is 18.1 Å². The van der Waals surface area contributed by atoms with Crippen molar-refractivity contribution in [2.24, 2.45) is 0 Å². The van der Waals surface area contributed by atoms with E-state index in [9.17, 15) is 23.3 Å². The van der Waals surface area contributed by atoms with Gasteiger partial charge in [0.05, 0.1) is 16.7 Å². The van der Waals surface area contributed by atoms with Gasteiger partial charge in [-0.05, 0) is 12.1 Å². The fraction of sp³-hybridized carbons (Fsp3) is 0. The van der Waals surface area contributed by atoms with Crippen LogP contribution in [0, 0.1) is 27.6 Å². The summed E-state index contributed by atoms with van der Waals surface area (Å²) in [6.07, 6.45) is 0. The number of nitro groups is 1. The van der Waals surface area contributed by atoms with Crippen LogP contribution < -0.4 is 5.73 Å². The van der Waals surface area contributed by atoms with E-state index in [2.05, 4.69) is 4.98 Å². The topological polar surface area (TPSA) is 82.0 Å². The van der Waals surface area contributed by atoms with E-state index in [4.69, 9.17) is 5.73 Å². The summed E-state index contributed by atoms with van der Waals surface area (Å²) in [6, 6.07) is 3.36. The molecule has 0 unspecified atom stereocenters. The number of hydrogen-bond acceptors (Lipinski definition) is 4. The molecule has 1 aromatic carbocycles. The van der Waals surface area contributed by atoms with Crippen molar-refractivity contribution in [3.05, 3.63) is 51.8 Å². The Hall–Kier alpha value is -2.64. The molecule has 0 atom stereocenters. The summed E-state index contributed by atoms with van der Waals surface area (Å²) in [5, 5.41) is 10.6. The molecule has 0 saturated heterocycles. The average Bonchev–Trinajstić information content (AvgIpc) is 2.34. The van der Waals surface area contributed by atoms with Crippen LogP contribution in [0.3, 0.4) is 0 Å². The molecule has 5 nitrogen and oxygen atoms in total. The highest BCUT2D eigenvalue weighted by Gasteiger charge is 2.15. The normalized spacial score (nSPS) is 10.5. The summed E-state index contributed by atoms with van der Waals surface area (Å²) in [7, 11) is 0. The smallest absolute Gasteiger partial charge is 0.275 e. The lowest BCUT2D eigenvalue weighted by molar-refractivity contribution is -0.384. The third kappa shape index (κ3) is 2.46. The van der Waals surface area contributed by atoms with Crippen LogP contribution in [0.2, 0.25) is 0 Å². The van der Waals surface area contributed by atoms with Crippen LogP contribution >= 0.6 is 0 Å². The van der Waals surface area contributed by atoms with E-state index >= 15 is 0 Å². The lowest BCUT2D eigenvalue weighted by Gasteiger charge is -2.04. The van der Waals surface area contributed by atoms with Crippen LogP contribution in [-0.2, 0) is 0 Å². The molecule has 8 heteroatoms. The van der Waals surface area contributed by atoms with Crippen LogP contribution in [-0.4, -0.2) is 9.91 Å². The summed E-state index contributed by atoms with van der Waals surface area (Å²) in [5.74, 6) is -4.64. The number of benzene rings is 1. The van der Waals surface area contributed by atoms with E-state index < -0.39 is 22.4 Å². The largest absolute Gasteiger partial charge is 0.383 e. The maximum absolute atomic E-state index is 13.1. The minimum atomic E-state index is -1.62. The molecule has 0 saturated carbocycles. The Morgan fingerprint density at radius 1 is 1.11 bits per heavy atom. The van der Waals surface area contributed by atoms with Gasteiger partial charge in [-0.3, -0.25) is 10.1 Å². The van der Waals surface area contributed by atoms with Crippen molar-refractivity contribution in [2.75, 3.05) is 5.73 Å². The number of nitrogens with zero attached hydrogens (tertiary/aromatic N) is 2. The second-order valence-electron chi connectivity index (χ2n) is 3.65. The number of nitrogens with two attached hydrogens (primary N) is 1. The maximum atomic E-state index is 13.1. The Balaban J connectivity index is 2.62. The Bertz CT molecular complexity index is 653. The van der Waals surface area contributed by atoms with E-state index in [1.807, 2.05) is 0 Å². The number of aromatic nitrogens is 1. The molecule has 0 fully saturated rings. The van der Waals surface area contributed by atoms with Gasteiger partial charge >= 0.3 is 0 Å². The third-order valence-corrected chi connectivity index (χ3v) is 2.32. The van der Waals surface area contributed by atoms with E-state index in [-0.39, 0.29) is 22.8 Å². The molecule has 98 valence electrons. The SMILES string of the molecule is Nc1cc([N+](=O)[O-])cc(-c2cc(F)c(F)c(F)c2)n1. The highest BCUT2D eigenvalue weighted by molar-refractivity contribution is 5.64. The zero-order chi connectivity index (χ0) is 14.2. The van der Waals surface area contributed by atoms with Crippen molar-refractivity contribution in [1.82, 2.24) is 4.98 Å². The monoisotopic (exact) mass is 269 g/mol. The van der Waals surface area contributed by atoms with Crippen LogP contribution in [0.25, 0.3) is 11.3 Å². The number of halogens is 3. The molecular formula is C11H6F3N3O2. The van der Waals surface area contributed by atoms with Gasteiger partial charge in [0.2, 0.25) is 0 Å². The average molecular weight is 269 g/mol. The van der Waals surface area contributed by atoms with Gasteiger partial charge in [0.25, 0.3) is 5.69 Å². The highest BCUT2D eigenvalue weighted by atomic mass is 19.2. The molecule has 1 aromatic heterocycles. The Kier molecular flexibility index (Phi) is 3.07. The molecule has 0 radical (unpaired) electrons. The molecule has 2 rings (SSSR count). The second-order valence-corrected chi connectivity index (χ2v) is 3.65. The van der Waals surface area contributed by atoms with E-state index in [0.29, 0.717) is 12.1 Å². The number of rotatable bonds is 2. The minimum absolute atomic E-state index is 0.121. The summed E-state index contributed by atoms with van der Waals surface area (Å²) in [5.41, 5.74) is 4.71. The lowest BCUT2D eigenvalue weighted by atomic mass is 10.1. The molecule has 0 aliphatic heterocycles. The van der Waals surface area contributed by atoms with E-state index in [0.717, 1.165) is 12.1 Å². The fourth-order valence-electron chi connectivity index (χ4n) is 1.49. The quantitative estimate of drug-likeness (QED) is 0.516. The summed E-state index contributed by atoms with van der Waals surface area (Å²) in [4.78, 5) is 13.6. The molecule has 2 aromatic rings. The van der Waals surface area contributed by atoms with Crippen molar-refractivity contribution >= 4 is 11.5 Å². The first-order valence-corrected chi connectivity index (χ1v) is 4.95. The second kappa shape index (κ2) is 4.56. The van der Waals surface area contributed by atoms with Gasteiger partial charge in [0.1, 0.15) is 5.82 Å². The first-order valence-electron chi connectivity index (χ1n) is 4.95. The van der Waals surface area contributed by atoms with Gasteiger partial charge < -0.3 is 5.73 Å². The number of anilines is 1. The molecule has 0 spiro atoms. The van der Waals surface area contributed by atoms with Crippen molar-refractivity contribution in [3.63, 3.8) is 0 Å². The molecule has 2 N–H and O–H groups in total. The third-order valence-electron chi connectivity index (χ3n) is 2.32. The number of hydrogen-bond donors (Lipinski definition) is 1.